The molecule has 28 heavy (non-hydrogen) atoms. The van der Waals surface area contributed by atoms with Crippen molar-refractivity contribution in [3.63, 3.8) is 0 Å². The summed E-state index contributed by atoms with van der Waals surface area (Å²) in [5.41, 5.74) is 2.96. The molecule has 0 aliphatic carbocycles. The van der Waals surface area contributed by atoms with Crippen molar-refractivity contribution >= 4 is 21.6 Å². The number of carbonyl (C=O) groups is 1. The summed E-state index contributed by atoms with van der Waals surface area (Å²) in [5.74, 6) is 0. The van der Waals surface area contributed by atoms with Crippen LogP contribution in [0, 0.1) is 13.8 Å². The van der Waals surface area contributed by atoms with Crippen LogP contribution in [0.2, 0.25) is 0 Å². The summed E-state index contributed by atoms with van der Waals surface area (Å²) in [6, 6.07) is 14.8. The van der Waals surface area contributed by atoms with Gasteiger partial charge in [-0.1, -0.05) is 18.2 Å². The van der Waals surface area contributed by atoms with Crippen molar-refractivity contribution < 1.29 is 13.2 Å². The van der Waals surface area contributed by atoms with E-state index in [0.29, 0.717) is 22.7 Å². The first-order chi connectivity index (χ1) is 13.4. The molecule has 3 aromatic rings. The summed E-state index contributed by atoms with van der Waals surface area (Å²) < 4.78 is 25.8. The van der Waals surface area contributed by atoms with E-state index in [1.807, 2.05) is 19.1 Å². The van der Waals surface area contributed by atoms with Gasteiger partial charge in [-0.05, 0) is 66.9 Å². The number of sulfone groups is 1. The fraction of sp³-hybridized carbons (Fsp3) is 0.143. The third-order valence-corrected chi connectivity index (χ3v) is 6.14. The molecule has 2 N–H and O–H groups in total. The number of benzene rings is 2. The second-order valence-electron chi connectivity index (χ2n) is 6.47. The van der Waals surface area contributed by atoms with Crippen molar-refractivity contribution in [1.29, 1.82) is 0 Å². The van der Waals surface area contributed by atoms with Crippen LogP contribution in [0.15, 0.2) is 76.8 Å². The lowest BCUT2D eigenvalue weighted by Crippen LogP contribution is -2.28. The van der Waals surface area contributed by atoms with Crippen LogP contribution in [0.4, 0.5) is 10.5 Å². The van der Waals surface area contributed by atoms with E-state index in [0.717, 1.165) is 11.1 Å². The monoisotopic (exact) mass is 395 g/mol. The minimum atomic E-state index is -3.62. The van der Waals surface area contributed by atoms with E-state index in [4.69, 9.17) is 0 Å². The topological polar surface area (TPSA) is 88.2 Å². The number of urea groups is 1. The lowest BCUT2D eigenvalue weighted by Gasteiger charge is -2.11. The number of anilines is 1. The molecule has 0 radical (unpaired) electrons. The molecule has 2 aromatic carbocycles. The van der Waals surface area contributed by atoms with Gasteiger partial charge in [0.25, 0.3) is 0 Å². The smallest absolute Gasteiger partial charge is 0.319 e. The number of nitrogens with one attached hydrogen (secondary N) is 2. The van der Waals surface area contributed by atoms with Gasteiger partial charge < -0.3 is 10.6 Å². The summed E-state index contributed by atoms with van der Waals surface area (Å²) in [4.78, 5) is 16.5. The van der Waals surface area contributed by atoms with Crippen molar-refractivity contribution in [3.8, 4) is 0 Å². The standard InChI is InChI=1S/C21H21N3O3S/c1-15-5-6-16(2)20(12-15)28(26,27)19-9-7-18(8-10-19)24-21(25)23-14-17-4-3-11-22-13-17/h3-13H,14H2,1-2H3,(H2,23,24,25). The molecule has 0 spiro atoms. The van der Waals surface area contributed by atoms with E-state index in [9.17, 15) is 13.2 Å². The second-order valence-corrected chi connectivity index (χ2v) is 8.38. The zero-order chi connectivity index (χ0) is 20.1. The fourth-order valence-electron chi connectivity index (χ4n) is 2.70. The van der Waals surface area contributed by atoms with Gasteiger partial charge in [0, 0.05) is 24.6 Å². The number of carbonyl (C=O) groups excluding carboxylic acids is 1. The highest BCUT2D eigenvalue weighted by Crippen LogP contribution is 2.25. The van der Waals surface area contributed by atoms with E-state index < -0.39 is 9.84 Å². The third-order valence-electron chi connectivity index (χ3n) is 4.23. The zero-order valence-corrected chi connectivity index (χ0v) is 16.5. The Balaban J connectivity index is 1.69. The Bertz CT molecular complexity index is 1080. The van der Waals surface area contributed by atoms with Gasteiger partial charge in [-0.25, -0.2) is 13.2 Å². The molecular formula is C21H21N3O3S. The quantitative estimate of drug-likeness (QED) is 0.687. The van der Waals surface area contributed by atoms with Crippen molar-refractivity contribution in [2.75, 3.05) is 5.32 Å². The number of hydrogen-bond donors (Lipinski definition) is 2. The van der Waals surface area contributed by atoms with Crippen LogP contribution in [0.25, 0.3) is 0 Å². The molecule has 1 heterocycles. The molecule has 3 rings (SSSR count). The Kier molecular flexibility index (Phi) is 5.75. The molecule has 0 aliphatic rings. The van der Waals surface area contributed by atoms with Gasteiger partial charge in [0.2, 0.25) is 9.84 Å². The number of aromatic nitrogens is 1. The largest absolute Gasteiger partial charge is 0.334 e. The number of pyridine rings is 1. The number of aryl methyl sites for hydroxylation is 2. The first-order valence-corrected chi connectivity index (χ1v) is 10.2. The molecule has 0 saturated heterocycles. The average molecular weight is 395 g/mol. The first kappa shape index (κ1) is 19.6. The molecule has 144 valence electrons. The molecule has 1 aromatic heterocycles. The maximum atomic E-state index is 12.9. The van der Waals surface area contributed by atoms with Crippen LogP contribution in [-0.4, -0.2) is 19.4 Å². The van der Waals surface area contributed by atoms with Gasteiger partial charge >= 0.3 is 6.03 Å². The van der Waals surface area contributed by atoms with Gasteiger partial charge in [-0.3, -0.25) is 4.98 Å². The average Bonchev–Trinajstić information content (AvgIpc) is 2.69. The van der Waals surface area contributed by atoms with E-state index in [-0.39, 0.29) is 10.9 Å². The Morgan fingerprint density at radius 2 is 1.79 bits per heavy atom. The fourth-order valence-corrected chi connectivity index (χ4v) is 4.28. The van der Waals surface area contributed by atoms with Crippen LogP contribution in [-0.2, 0) is 16.4 Å². The summed E-state index contributed by atoms with van der Waals surface area (Å²) in [7, 11) is -3.62. The van der Waals surface area contributed by atoms with E-state index >= 15 is 0 Å². The van der Waals surface area contributed by atoms with Crippen LogP contribution in [0.3, 0.4) is 0 Å². The predicted molar refractivity (Wildman–Crippen MR) is 108 cm³/mol. The van der Waals surface area contributed by atoms with Crippen LogP contribution in [0.1, 0.15) is 16.7 Å². The number of hydrogen-bond acceptors (Lipinski definition) is 4. The predicted octanol–water partition coefficient (Wildman–Crippen LogP) is 3.85. The molecule has 0 unspecified atom stereocenters. The van der Waals surface area contributed by atoms with Crippen LogP contribution < -0.4 is 10.6 Å². The second kappa shape index (κ2) is 8.22. The maximum absolute atomic E-state index is 12.9. The SMILES string of the molecule is Cc1ccc(C)c(S(=O)(=O)c2ccc(NC(=O)NCc3cccnc3)cc2)c1. The highest BCUT2D eigenvalue weighted by atomic mass is 32.2. The number of amides is 2. The molecule has 0 bridgehead atoms. The number of nitrogens with zero attached hydrogens (tertiary/aromatic N) is 1. The summed E-state index contributed by atoms with van der Waals surface area (Å²) in [6.07, 6.45) is 3.34. The molecule has 0 fully saturated rings. The molecule has 0 atom stereocenters. The van der Waals surface area contributed by atoms with Crippen molar-refractivity contribution in [3.05, 3.63) is 83.7 Å². The minimum absolute atomic E-state index is 0.183. The Morgan fingerprint density at radius 3 is 2.46 bits per heavy atom. The summed E-state index contributed by atoms with van der Waals surface area (Å²) in [6.45, 7) is 3.98. The van der Waals surface area contributed by atoms with E-state index in [2.05, 4.69) is 15.6 Å². The minimum Gasteiger partial charge on any atom is -0.334 e. The van der Waals surface area contributed by atoms with E-state index in [1.165, 1.54) is 12.1 Å². The zero-order valence-electron chi connectivity index (χ0n) is 15.6. The van der Waals surface area contributed by atoms with Crippen molar-refractivity contribution in [2.24, 2.45) is 0 Å². The van der Waals surface area contributed by atoms with Crippen molar-refractivity contribution in [2.45, 2.75) is 30.2 Å². The molecular weight excluding hydrogens is 374 g/mol. The Hall–Kier alpha value is -3.19. The van der Waals surface area contributed by atoms with Gasteiger partial charge in [-0.15, -0.1) is 0 Å². The third kappa shape index (κ3) is 4.55. The Morgan fingerprint density at radius 1 is 1.04 bits per heavy atom. The van der Waals surface area contributed by atoms with Gasteiger partial charge in [-0.2, -0.15) is 0 Å². The molecule has 0 saturated carbocycles. The van der Waals surface area contributed by atoms with Gasteiger partial charge in [0.1, 0.15) is 0 Å². The summed E-state index contributed by atoms with van der Waals surface area (Å²) in [5, 5.41) is 5.41. The van der Waals surface area contributed by atoms with Gasteiger partial charge in [0.15, 0.2) is 0 Å². The highest BCUT2D eigenvalue weighted by molar-refractivity contribution is 7.91. The lowest BCUT2D eigenvalue weighted by molar-refractivity contribution is 0.251. The van der Waals surface area contributed by atoms with E-state index in [1.54, 1.807) is 49.6 Å². The highest BCUT2D eigenvalue weighted by Gasteiger charge is 2.20. The number of rotatable bonds is 5. The van der Waals surface area contributed by atoms with Crippen LogP contribution in [0.5, 0.6) is 0 Å². The Labute approximate surface area is 164 Å². The van der Waals surface area contributed by atoms with Crippen molar-refractivity contribution in [1.82, 2.24) is 10.3 Å². The lowest BCUT2D eigenvalue weighted by atomic mass is 10.2. The molecule has 6 nitrogen and oxygen atoms in total. The summed E-state index contributed by atoms with van der Waals surface area (Å²) >= 11 is 0. The van der Waals surface area contributed by atoms with Crippen LogP contribution >= 0.6 is 0 Å². The van der Waals surface area contributed by atoms with Gasteiger partial charge in [0.05, 0.1) is 9.79 Å². The molecule has 7 heteroatoms. The normalized spacial score (nSPS) is 11.1. The molecule has 0 aliphatic heterocycles. The molecule has 2 amide bonds. The first-order valence-electron chi connectivity index (χ1n) is 8.72. The maximum Gasteiger partial charge on any atom is 0.319 e.